The van der Waals surface area contributed by atoms with Gasteiger partial charge in [-0.2, -0.15) is 0 Å². The number of nitrogens with two attached hydrogens (primary N) is 1. The van der Waals surface area contributed by atoms with Gasteiger partial charge in [0.1, 0.15) is 0 Å². The predicted octanol–water partition coefficient (Wildman–Crippen LogP) is 2.25. The fourth-order valence-corrected chi connectivity index (χ4v) is 2.99. The molecule has 1 saturated carbocycles. The monoisotopic (exact) mass is 242 g/mol. The molecule has 1 atom stereocenters. The summed E-state index contributed by atoms with van der Waals surface area (Å²) in [7, 11) is 1.77. The molecule has 0 aromatic rings. The van der Waals surface area contributed by atoms with Crippen molar-refractivity contribution in [3.05, 3.63) is 0 Å². The molecule has 17 heavy (non-hydrogen) atoms. The van der Waals surface area contributed by atoms with E-state index in [2.05, 4.69) is 25.7 Å². The van der Waals surface area contributed by atoms with Crippen LogP contribution in [0.5, 0.6) is 0 Å². The van der Waals surface area contributed by atoms with Crippen LogP contribution in [0.25, 0.3) is 0 Å². The Balaban J connectivity index is 2.78. The van der Waals surface area contributed by atoms with Crippen molar-refractivity contribution in [3.63, 3.8) is 0 Å². The zero-order valence-electron chi connectivity index (χ0n) is 12.0. The van der Waals surface area contributed by atoms with Crippen molar-refractivity contribution in [1.82, 2.24) is 4.90 Å². The lowest BCUT2D eigenvalue weighted by molar-refractivity contribution is -0.00677. The van der Waals surface area contributed by atoms with Crippen molar-refractivity contribution in [1.29, 1.82) is 0 Å². The molecule has 1 aliphatic carbocycles. The third-order valence-electron chi connectivity index (χ3n) is 3.92. The van der Waals surface area contributed by atoms with Crippen molar-refractivity contribution >= 4 is 0 Å². The lowest BCUT2D eigenvalue weighted by Crippen LogP contribution is -2.59. The second-order valence-electron chi connectivity index (χ2n) is 6.12. The number of rotatable bonds is 7. The molecule has 0 amide bonds. The Morgan fingerprint density at radius 1 is 1.35 bits per heavy atom. The number of hydrogen-bond acceptors (Lipinski definition) is 3. The van der Waals surface area contributed by atoms with Gasteiger partial charge in [0.05, 0.1) is 12.1 Å². The standard InChI is InChI=1S/C14H30N2O/c1-12(2)9-16(13-7-5-6-8-13)14(3,10-15)11-17-4/h12-13H,5-11,15H2,1-4H3. The molecule has 1 rings (SSSR count). The Bertz CT molecular complexity index is 214. The van der Waals surface area contributed by atoms with Gasteiger partial charge in [-0.3, -0.25) is 4.90 Å². The molecule has 3 nitrogen and oxygen atoms in total. The zero-order valence-corrected chi connectivity index (χ0v) is 12.0. The molecule has 1 fully saturated rings. The van der Waals surface area contributed by atoms with Crippen LogP contribution in [0.15, 0.2) is 0 Å². The molecular weight excluding hydrogens is 212 g/mol. The summed E-state index contributed by atoms with van der Waals surface area (Å²) in [5.74, 6) is 0.679. The zero-order chi connectivity index (χ0) is 12.9. The van der Waals surface area contributed by atoms with Gasteiger partial charge in [0.2, 0.25) is 0 Å². The summed E-state index contributed by atoms with van der Waals surface area (Å²) in [5, 5.41) is 0. The van der Waals surface area contributed by atoms with Gasteiger partial charge in [-0.15, -0.1) is 0 Å². The normalized spacial score (nSPS) is 21.4. The highest BCUT2D eigenvalue weighted by Crippen LogP contribution is 2.30. The van der Waals surface area contributed by atoms with Crippen LogP contribution in [0.2, 0.25) is 0 Å². The van der Waals surface area contributed by atoms with Crippen LogP contribution >= 0.6 is 0 Å². The smallest absolute Gasteiger partial charge is 0.0656 e. The maximum atomic E-state index is 6.02. The highest BCUT2D eigenvalue weighted by Gasteiger charge is 2.36. The quantitative estimate of drug-likeness (QED) is 0.744. The van der Waals surface area contributed by atoms with Crippen molar-refractivity contribution in [2.45, 2.75) is 58.0 Å². The molecule has 0 radical (unpaired) electrons. The van der Waals surface area contributed by atoms with E-state index in [1.807, 2.05) is 0 Å². The molecule has 0 heterocycles. The van der Waals surface area contributed by atoms with Crippen molar-refractivity contribution in [2.24, 2.45) is 11.7 Å². The highest BCUT2D eigenvalue weighted by atomic mass is 16.5. The first-order chi connectivity index (χ1) is 8.03. The topological polar surface area (TPSA) is 38.5 Å². The lowest BCUT2D eigenvalue weighted by Gasteiger charge is -2.45. The SMILES string of the molecule is COCC(C)(CN)N(CC(C)C)C1CCCC1. The maximum Gasteiger partial charge on any atom is 0.0656 e. The Kier molecular flexibility index (Phi) is 5.90. The molecule has 0 aromatic heterocycles. The molecule has 102 valence electrons. The van der Waals surface area contributed by atoms with E-state index in [0.29, 0.717) is 18.5 Å². The van der Waals surface area contributed by atoms with Crippen LogP contribution in [0.4, 0.5) is 0 Å². The van der Waals surface area contributed by atoms with Gasteiger partial charge >= 0.3 is 0 Å². The van der Waals surface area contributed by atoms with E-state index in [4.69, 9.17) is 10.5 Å². The van der Waals surface area contributed by atoms with Crippen molar-refractivity contribution < 1.29 is 4.74 Å². The maximum absolute atomic E-state index is 6.02. The molecule has 3 heteroatoms. The summed E-state index contributed by atoms with van der Waals surface area (Å²) in [5.41, 5.74) is 6.01. The summed E-state index contributed by atoms with van der Waals surface area (Å²) in [6.45, 7) is 9.34. The van der Waals surface area contributed by atoms with E-state index in [0.717, 1.165) is 13.2 Å². The Morgan fingerprint density at radius 3 is 2.35 bits per heavy atom. The minimum Gasteiger partial charge on any atom is -0.383 e. The summed E-state index contributed by atoms with van der Waals surface area (Å²) in [6, 6.07) is 0.709. The van der Waals surface area contributed by atoms with E-state index < -0.39 is 0 Å². The largest absolute Gasteiger partial charge is 0.383 e. The lowest BCUT2D eigenvalue weighted by atomic mass is 9.96. The first kappa shape index (κ1) is 14.9. The van der Waals surface area contributed by atoms with E-state index in [9.17, 15) is 0 Å². The molecule has 0 aliphatic heterocycles. The number of ether oxygens (including phenoxy) is 1. The first-order valence-electron chi connectivity index (χ1n) is 6.99. The fourth-order valence-electron chi connectivity index (χ4n) is 2.99. The van der Waals surface area contributed by atoms with Crippen LogP contribution in [-0.2, 0) is 4.74 Å². The molecule has 0 bridgehead atoms. The van der Waals surface area contributed by atoms with Crippen LogP contribution in [0.1, 0.15) is 46.5 Å². The second-order valence-corrected chi connectivity index (χ2v) is 6.12. The van der Waals surface area contributed by atoms with Crippen LogP contribution in [0.3, 0.4) is 0 Å². The summed E-state index contributed by atoms with van der Waals surface area (Å²) < 4.78 is 5.40. The summed E-state index contributed by atoms with van der Waals surface area (Å²) in [4.78, 5) is 2.62. The molecule has 0 saturated heterocycles. The minimum atomic E-state index is -0.00593. The Labute approximate surface area is 107 Å². The van der Waals surface area contributed by atoms with E-state index in [-0.39, 0.29) is 5.54 Å². The van der Waals surface area contributed by atoms with Gasteiger partial charge in [0, 0.05) is 26.2 Å². The van der Waals surface area contributed by atoms with Crippen LogP contribution in [-0.4, -0.2) is 43.3 Å². The number of nitrogens with zero attached hydrogens (tertiary/aromatic N) is 1. The average Bonchev–Trinajstić information content (AvgIpc) is 2.79. The number of hydrogen-bond donors (Lipinski definition) is 1. The van der Waals surface area contributed by atoms with Gasteiger partial charge < -0.3 is 10.5 Å². The molecule has 0 aromatic carbocycles. The molecule has 0 spiro atoms. The summed E-state index contributed by atoms with van der Waals surface area (Å²) >= 11 is 0. The highest BCUT2D eigenvalue weighted by molar-refractivity contribution is 4.93. The minimum absolute atomic E-state index is 0.00593. The van der Waals surface area contributed by atoms with Crippen LogP contribution < -0.4 is 5.73 Å². The first-order valence-corrected chi connectivity index (χ1v) is 6.99. The molecule has 2 N–H and O–H groups in total. The molecular formula is C14H30N2O. The second kappa shape index (κ2) is 6.72. The summed E-state index contributed by atoms with van der Waals surface area (Å²) in [6.07, 6.45) is 5.39. The van der Waals surface area contributed by atoms with Gasteiger partial charge in [-0.05, 0) is 25.7 Å². The van der Waals surface area contributed by atoms with Crippen molar-refractivity contribution in [3.8, 4) is 0 Å². The third-order valence-corrected chi connectivity index (χ3v) is 3.92. The third kappa shape index (κ3) is 3.94. The Morgan fingerprint density at radius 2 is 1.94 bits per heavy atom. The number of methoxy groups -OCH3 is 1. The van der Waals surface area contributed by atoms with Crippen LogP contribution in [0, 0.1) is 5.92 Å². The molecule has 1 unspecified atom stereocenters. The van der Waals surface area contributed by atoms with E-state index in [1.165, 1.54) is 25.7 Å². The van der Waals surface area contributed by atoms with Gasteiger partial charge in [0.25, 0.3) is 0 Å². The van der Waals surface area contributed by atoms with Crippen molar-refractivity contribution in [2.75, 3.05) is 26.8 Å². The fraction of sp³-hybridized carbons (Fsp3) is 1.00. The van der Waals surface area contributed by atoms with Gasteiger partial charge in [-0.25, -0.2) is 0 Å². The predicted molar refractivity (Wildman–Crippen MR) is 73.1 cm³/mol. The average molecular weight is 242 g/mol. The van der Waals surface area contributed by atoms with Gasteiger partial charge in [-0.1, -0.05) is 26.7 Å². The Hall–Kier alpha value is -0.120. The molecule has 1 aliphatic rings. The van der Waals surface area contributed by atoms with Gasteiger partial charge in [0.15, 0.2) is 0 Å². The van der Waals surface area contributed by atoms with E-state index in [1.54, 1.807) is 7.11 Å². The van der Waals surface area contributed by atoms with E-state index >= 15 is 0 Å².